The van der Waals surface area contributed by atoms with E-state index in [0.717, 1.165) is 41.7 Å². The maximum absolute atomic E-state index is 4.56. The number of hydrogen-bond donors (Lipinski definition) is 1. The number of pyridine rings is 1. The molecule has 0 amide bonds. The van der Waals surface area contributed by atoms with Crippen LogP contribution in [0.2, 0.25) is 0 Å². The number of rotatable bonds is 5. The van der Waals surface area contributed by atoms with Crippen LogP contribution in [0, 0.1) is 13.8 Å². The standard InChI is InChI=1S/C15H21N5/c1-5-20(9-13-8-6-7-11(2)19-13)15-12(3)14(16-4)17-10-18-15/h6-8,10H,5,9H2,1-4H3,(H,16,17,18). The van der Waals surface area contributed by atoms with Gasteiger partial charge in [0.25, 0.3) is 0 Å². The minimum Gasteiger partial charge on any atom is -0.373 e. The van der Waals surface area contributed by atoms with Crippen molar-refractivity contribution in [2.24, 2.45) is 0 Å². The molecule has 20 heavy (non-hydrogen) atoms. The van der Waals surface area contributed by atoms with E-state index in [1.54, 1.807) is 6.33 Å². The Morgan fingerprint density at radius 2 is 2.00 bits per heavy atom. The molecular formula is C15H21N5. The molecule has 0 aromatic carbocycles. The van der Waals surface area contributed by atoms with Crippen LogP contribution in [0.15, 0.2) is 24.5 Å². The number of hydrogen-bond acceptors (Lipinski definition) is 5. The molecule has 5 heteroatoms. The van der Waals surface area contributed by atoms with Gasteiger partial charge in [0.1, 0.15) is 18.0 Å². The summed E-state index contributed by atoms with van der Waals surface area (Å²) in [6, 6.07) is 6.09. The molecular weight excluding hydrogens is 250 g/mol. The highest BCUT2D eigenvalue weighted by atomic mass is 15.2. The van der Waals surface area contributed by atoms with Gasteiger partial charge in [-0.1, -0.05) is 6.07 Å². The van der Waals surface area contributed by atoms with Gasteiger partial charge in [-0.05, 0) is 32.9 Å². The van der Waals surface area contributed by atoms with Gasteiger partial charge in [-0.3, -0.25) is 4.98 Å². The van der Waals surface area contributed by atoms with Crippen LogP contribution in [0.25, 0.3) is 0 Å². The average Bonchev–Trinajstić information content (AvgIpc) is 2.45. The molecule has 2 rings (SSSR count). The first kappa shape index (κ1) is 14.2. The summed E-state index contributed by atoms with van der Waals surface area (Å²) >= 11 is 0. The van der Waals surface area contributed by atoms with Crippen LogP contribution in [0.4, 0.5) is 11.6 Å². The van der Waals surface area contributed by atoms with E-state index in [2.05, 4.69) is 32.1 Å². The fraction of sp³-hybridized carbons (Fsp3) is 0.400. The molecule has 0 saturated heterocycles. The van der Waals surface area contributed by atoms with Crippen LogP contribution >= 0.6 is 0 Å². The lowest BCUT2D eigenvalue weighted by Crippen LogP contribution is -2.25. The van der Waals surface area contributed by atoms with Crippen LogP contribution in [0.5, 0.6) is 0 Å². The Hall–Kier alpha value is -2.17. The molecule has 0 fully saturated rings. The predicted molar refractivity (Wildman–Crippen MR) is 82.0 cm³/mol. The zero-order chi connectivity index (χ0) is 14.5. The number of nitrogens with zero attached hydrogens (tertiary/aromatic N) is 4. The second kappa shape index (κ2) is 6.32. The van der Waals surface area contributed by atoms with Gasteiger partial charge >= 0.3 is 0 Å². The molecule has 106 valence electrons. The monoisotopic (exact) mass is 271 g/mol. The first-order valence-corrected chi connectivity index (χ1v) is 6.82. The first-order chi connectivity index (χ1) is 9.65. The maximum atomic E-state index is 4.56. The predicted octanol–water partition coefficient (Wildman–Crippen LogP) is 2.56. The Kier molecular flexibility index (Phi) is 4.50. The number of nitrogens with one attached hydrogen (secondary N) is 1. The molecule has 0 radical (unpaired) electrons. The van der Waals surface area contributed by atoms with Crippen molar-refractivity contribution in [3.05, 3.63) is 41.5 Å². The van der Waals surface area contributed by atoms with Crippen molar-refractivity contribution in [1.82, 2.24) is 15.0 Å². The molecule has 5 nitrogen and oxygen atoms in total. The molecule has 0 aliphatic heterocycles. The summed E-state index contributed by atoms with van der Waals surface area (Å²) < 4.78 is 0. The number of aryl methyl sites for hydroxylation is 1. The first-order valence-electron chi connectivity index (χ1n) is 6.82. The lowest BCUT2D eigenvalue weighted by atomic mass is 10.2. The Balaban J connectivity index is 2.29. The van der Waals surface area contributed by atoms with Crippen LogP contribution < -0.4 is 10.2 Å². The van der Waals surface area contributed by atoms with Gasteiger partial charge in [-0.25, -0.2) is 9.97 Å². The van der Waals surface area contributed by atoms with Crippen LogP contribution in [0.1, 0.15) is 23.9 Å². The second-order valence-electron chi connectivity index (χ2n) is 4.71. The van der Waals surface area contributed by atoms with E-state index in [9.17, 15) is 0 Å². The molecule has 0 spiro atoms. The third-order valence-electron chi connectivity index (χ3n) is 3.27. The van der Waals surface area contributed by atoms with E-state index in [4.69, 9.17) is 0 Å². The van der Waals surface area contributed by atoms with Crippen molar-refractivity contribution in [2.75, 3.05) is 23.8 Å². The highest BCUT2D eigenvalue weighted by Gasteiger charge is 2.13. The topological polar surface area (TPSA) is 53.9 Å². The third kappa shape index (κ3) is 3.04. The lowest BCUT2D eigenvalue weighted by molar-refractivity contribution is 0.783. The van der Waals surface area contributed by atoms with Gasteiger partial charge in [-0.15, -0.1) is 0 Å². The molecule has 2 aromatic rings. The molecule has 0 aliphatic carbocycles. The summed E-state index contributed by atoms with van der Waals surface area (Å²) in [5, 5.41) is 3.09. The molecule has 0 saturated carbocycles. The summed E-state index contributed by atoms with van der Waals surface area (Å²) in [6.07, 6.45) is 1.60. The van der Waals surface area contributed by atoms with Crippen molar-refractivity contribution in [3.63, 3.8) is 0 Å². The average molecular weight is 271 g/mol. The van der Waals surface area contributed by atoms with Gasteiger partial charge in [-0.2, -0.15) is 0 Å². The van der Waals surface area contributed by atoms with E-state index < -0.39 is 0 Å². The van der Waals surface area contributed by atoms with Gasteiger partial charge in [0.15, 0.2) is 0 Å². The summed E-state index contributed by atoms with van der Waals surface area (Å²) in [5.41, 5.74) is 3.15. The van der Waals surface area contributed by atoms with Crippen molar-refractivity contribution < 1.29 is 0 Å². The van der Waals surface area contributed by atoms with Crippen LogP contribution in [0.3, 0.4) is 0 Å². The van der Waals surface area contributed by atoms with E-state index in [1.807, 2.05) is 39.1 Å². The zero-order valence-electron chi connectivity index (χ0n) is 12.5. The summed E-state index contributed by atoms with van der Waals surface area (Å²) in [7, 11) is 1.87. The summed E-state index contributed by atoms with van der Waals surface area (Å²) in [4.78, 5) is 15.4. The molecule has 0 unspecified atom stereocenters. The summed E-state index contributed by atoms with van der Waals surface area (Å²) in [5.74, 6) is 1.82. The molecule has 2 heterocycles. The fourth-order valence-corrected chi connectivity index (χ4v) is 2.23. The second-order valence-corrected chi connectivity index (χ2v) is 4.71. The highest BCUT2D eigenvalue weighted by Crippen LogP contribution is 2.22. The molecule has 0 bridgehead atoms. The van der Waals surface area contributed by atoms with Crippen LogP contribution in [-0.2, 0) is 6.54 Å². The largest absolute Gasteiger partial charge is 0.373 e. The molecule has 2 aromatic heterocycles. The molecule has 0 atom stereocenters. The number of anilines is 2. The minimum absolute atomic E-state index is 0.749. The Bertz CT molecular complexity index is 582. The Labute approximate surface area is 120 Å². The number of aromatic nitrogens is 3. The van der Waals surface area contributed by atoms with Crippen molar-refractivity contribution in [1.29, 1.82) is 0 Å². The van der Waals surface area contributed by atoms with Crippen LogP contribution in [-0.4, -0.2) is 28.5 Å². The smallest absolute Gasteiger partial charge is 0.137 e. The van der Waals surface area contributed by atoms with E-state index in [0.29, 0.717) is 0 Å². The quantitative estimate of drug-likeness (QED) is 0.905. The zero-order valence-corrected chi connectivity index (χ0v) is 12.5. The maximum Gasteiger partial charge on any atom is 0.137 e. The van der Waals surface area contributed by atoms with E-state index >= 15 is 0 Å². The van der Waals surface area contributed by atoms with Crippen molar-refractivity contribution in [2.45, 2.75) is 27.3 Å². The van der Waals surface area contributed by atoms with E-state index in [1.165, 1.54) is 0 Å². The Morgan fingerprint density at radius 3 is 2.65 bits per heavy atom. The normalized spacial score (nSPS) is 10.4. The van der Waals surface area contributed by atoms with E-state index in [-0.39, 0.29) is 0 Å². The fourth-order valence-electron chi connectivity index (χ4n) is 2.23. The Morgan fingerprint density at radius 1 is 1.20 bits per heavy atom. The third-order valence-corrected chi connectivity index (χ3v) is 3.27. The van der Waals surface area contributed by atoms with Crippen molar-refractivity contribution in [3.8, 4) is 0 Å². The molecule has 1 N–H and O–H groups in total. The SMILES string of the molecule is CCN(Cc1cccc(C)n1)c1ncnc(NC)c1C. The van der Waals surface area contributed by atoms with Gasteiger partial charge in [0, 0.05) is 24.8 Å². The molecule has 0 aliphatic rings. The highest BCUT2D eigenvalue weighted by molar-refractivity contribution is 5.57. The van der Waals surface area contributed by atoms with Gasteiger partial charge < -0.3 is 10.2 Å². The summed E-state index contributed by atoms with van der Waals surface area (Å²) in [6.45, 7) is 7.79. The van der Waals surface area contributed by atoms with Gasteiger partial charge in [0.05, 0.1) is 12.2 Å². The van der Waals surface area contributed by atoms with Crippen molar-refractivity contribution >= 4 is 11.6 Å². The van der Waals surface area contributed by atoms with Gasteiger partial charge in [0.2, 0.25) is 0 Å². The minimum atomic E-state index is 0.749. The lowest BCUT2D eigenvalue weighted by Gasteiger charge is -2.24.